The smallest absolute Gasteiger partial charge is 0.383 e. The predicted molar refractivity (Wildman–Crippen MR) is 44.5 cm³/mol. The third kappa shape index (κ3) is 4.67. The summed E-state index contributed by atoms with van der Waals surface area (Å²) < 4.78 is 13.0. The maximum Gasteiger partial charge on any atom is 0.394 e. The minimum Gasteiger partial charge on any atom is -0.383 e. The largest absolute Gasteiger partial charge is 0.394 e. The molecule has 0 aromatic rings. The van der Waals surface area contributed by atoms with Crippen molar-refractivity contribution >= 4 is 8.84 Å². The summed E-state index contributed by atoms with van der Waals surface area (Å²) in [5, 5.41) is 0. The molecule has 10 heavy (non-hydrogen) atoms. The van der Waals surface area contributed by atoms with Crippen molar-refractivity contribution in [2.45, 2.75) is 32.2 Å². The molecule has 0 amide bonds. The average Bonchev–Trinajstić information content (AvgIpc) is 1.88. The molecule has 0 unspecified atom stereocenters. The molecule has 0 radical (unpaired) electrons. The predicted octanol–water partition coefficient (Wildman–Crippen LogP) is 1.66. The molecule has 3 heteroatoms. The van der Waals surface area contributed by atoms with E-state index in [-0.39, 0.29) is 0 Å². The van der Waals surface area contributed by atoms with Crippen molar-refractivity contribution in [1.29, 1.82) is 0 Å². The van der Waals surface area contributed by atoms with Gasteiger partial charge in [-0.25, -0.2) is 0 Å². The summed E-state index contributed by atoms with van der Waals surface area (Å²) in [5.74, 6) is 0. The number of nitrogens with zero attached hydrogens (tertiary/aromatic N) is 1. The highest BCUT2D eigenvalue weighted by Gasteiger charge is 2.05. The molecule has 0 bridgehead atoms. The zero-order valence-corrected chi connectivity index (χ0v) is 8.18. The lowest BCUT2D eigenvalue weighted by molar-refractivity contribution is 0.484. The highest BCUT2D eigenvalue weighted by Crippen LogP contribution is 2.00. The van der Waals surface area contributed by atoms with Crippen LogP contribution in [0.1, 0.15) is 26.2 Å². The average molecular weight is 159 g/mol. The summed E-state index contributed by atoms with van der Waals surface area (Å²) in [4.78, 5) is 0. The highest BCUT2D eigenvalue weighted by molar-refractivity contribution is 6.39. The van der Waals surface area contributed by atoms with Crippen molar-refractivity contribution in [3.8, 4) is 0 Å². The molecule has 0 spiro atoms. The van der Waals surface area contributed by atoms with E-state index in [1.807, 2.05) is 18.7 Å². The third-order valence-corrected chi connectivity index (χ3v) is 3.27. The molecule has 0 N–H and O–H groups in total. The topological polar surface area (TPSA) is 20.3 Å². The summed E-state index contributed by atoms with van der Waals surface area (Å²) in [6, 6.07) is 0.894. The van der Waals surface area contributed by atoms with Gasteiger partial charge in [0.2, 0.25) is 0 Å². The van der Waals surface area contributed by atoms with Crippen LogP contribution in [0.5, 0.6) is 0 Å². The van der Waals surface area contributed by atoms with Gasteiger partial charge in [0, 0.05) is 6.04 Å². The van der Waals surface area contributed by atoms with Gasteiger partial charge in [0.25, 0.3) is 0 Å². The van der Waals surface area contributed by atoms with E-state index < -0.39 is 8.84 Å². The molecule has 0 saturated heterocycles. The van der Waals surface area contributed by atoms with Crippen LogP contribution in [0.4, 0.5) is 0 Å². The normalized spacial score (nSPS) is 9.50. The Morgan fingerprint density at radius 2 is 1.90 bits per heavy atom. The van der Waals surface area contributed by atoms with E-state index >= 15 is 0 Å². The molecule has 0 atom stereocenters. The second-order valence-electron chi connectivity index (χ2n) is 2.75. The van der Waals surface area contributed by atoms with Crippen LogP contribution in [0.15, 0.2) is 0 Å². The van der Waals surface area contributed by atoms with Gasteiger partial charge in [-0.2, -0.15) is 0 Å². The maximum atomic E-state index is 11.1. The van der Waals surface area contributed by atoms with Crippen molar-refractivity contribution in [3.05, 3.63) is 0 Å². The lowest BCUT2D eigenvalue weighted by atomic mass is 10.3. The zero-order valence-electron chi connectivity index (χ0n) is 7.18. The summed E-state index contributed by atoms with van der Waals surface area (Å²) in [6.07, 6.45) is 3.54. The number of unbranched alkanes of at least 4 members (excludes halogenated alkanes) is 2. The molecule has 60 valence electrons. The molecule has 0 aliphatic rings. The number of hydrogen-bond donors (Lipinski definition) is 0. The first kappa shape index (κ1) is 9.82. The summed E-state index contributed by atoms with van der Waals surface area (Å²) >= 11 is 0. The second-order valence-corrected chi connectivity index (χ2v) is 4.93. The van der Waals surface area contributed by atoms with Crippen LogP contribution in [0.2, 0.25) is 6.04 Å². The molecular weight excluding hydrogens is 142 g/mol. The fraction of sp³-hybridized carbons (Fsp3) is 1.00. The van der Waals surface area contributed by atoms with Crippen LogP contribution in [-0.2, 0) is 4.46 Å². The number of hydrogen-bond acceptors (Lipinski definition) is 1. The van der Waals surface area contributed by atoms with Gasteiger partial charge in [-0.15, -0.1) is 0 Å². The lowest BCUT2D eigenvalue weighted by Crippen LogP contribution is -2.23. The summed E-state index contributed by atoms with van der Waals surface area (Å²) in [5.41, 5.74) is 0. The van der Waals surface area contributed by atoms with Gasteiger partial charge in [-0.05, 0) is 20.5 Å². The molecule has 0 aromatic heterocycles. The molecule has 0 aliphatic carbocycles. The Balaban J connectivity index is 3.22. The van der Waals surface area contributed by atoms with Gasteiger partial charge < -0.3 is 9.03 Å². The zero-order chi connectivity index (χ0) is 7.98. The van der Waals surface area contributed by atoms with Gasteiger partial charge >= 0.3 is 8.84 Å². The Kier molecular flexibility index (Phi) is 5.49. The highest BCUT2D eigenvalue weighted by atomic mass is 28.3. The van der Waals surface area contributed by atoms with Crippen LogP contribution in [0, 0.1) is 0 Å². The molecule has 0 heterocycles. The molecule has 0 rings (SSSR count). The quantitative estimate of drug-likeness (QED) is 0.449. The Bertz CT molecular complexity index is 104. The van der Waals surface area contributed by atoms with E-state index in [1.165, 1.54) is 12.8 Å². The first-order chi connectivity index (χ1) is 4.68. The van der Waals surface area contributed by atoms with Crippen molar-refractivity contribution in [1.82, 2.24) is 4.57 Å². The molecular formula is C7H17NOSi. The third-order valence-electron chi connectivity index (χ3n) is 1.49. The van der Waals surface area contributed by atoms with Gasteiger partial charge in [-0.3, -0.25) is 0 Å². The molecule has 0 fully saturated rings. The van der Waals surface area contributed by atoms with E-state index in [4.69, 9.17) is 0 Å². The summed E-state index contributed by atoms with van der Waals surface area (Å²) in [6.45, 7) is 2.16. The Morgan fingerprint density at radius 3 is 2.30 bits per heavy atom. The molecule has 0 saturated carbocycles. The van der Waals surface area contributed by atoms with Crippen LogP contribution in [-0.4, -0.2) is 27.5 Å². The van der Waals surface area contributed by atoms with Crippen LogP contribution >= 0.6 is 0 Å². The number of rotatable bonds is 5. The first-order valence-electron chi connectivity index (χ1n) is 3.88. The van der Waals surface area contributed by atoms with Crippen molar-refractivity contribution in [2.75, 3.05) is 14.1 Å². The molecule has 0 aromatic carbocycles. The SMILES string of the molecule is CCCCC[Si](=O)N(C)C. The lowest BCUT2D eigenvalue weighted by Gasteiger charge is -2.07. The van der Waals surface area contributed by atoms with Crippen molar-refractivity contribution in [2.24, 2.45) is 0 Å². The fourth-order valence-electron chi connectivity index (χ4n) is 0.750. The Labute approximate surface area is 65.0 Å². The van der Waals surface area contributed by atoms with Crippen LogP contribution < -0.4 is 0 Å². The van der Waals surface area contributed by atoms with E-state index in [1.54, 1.807) is 0 Å². The monoisotopic (exact) mass is 159 g/mol. The second kappa shape index (κ2) is 5.59. The molecule has 0 aliphatic heterocycles. The maximum absolute atomic E-state index is 11.1. The Morgan fingerprint density at radius 1 is 1.30 bits per heavy atom. The van der Waals surface area contributed by atoms with Crippen molar-refractivity contribution in [3.63, 3.8) is 0 Å². The van der Waals surface area contributed by atoms with E-state index in [0.717, 1.165) is 12.5 Å². The van der Waals surface area contributed by atoms with Gasteiger partial charge in [-0.1, -0.05) is 19.8 Å². The van der Waals surface area contributed by atoms with Gasteiger partial charge in [0.1, 0.15) is 0 Å². The summed E-state index contributed by atoms with van der Waals surface area (Å²) in [7, 11) is 2.37. The van der Waals surface area contributed by atoms with Gasteiger partial charge in [0.05, 0.1) is 0 Å². The van der Waals surface area contributed by atoms with E-state index in [0.29, 0.717) is 0 Å². The minimum atomic E-state index is -1.40. The van der Waals surface area contributed by atoms with E-state index in [2.05, 4.69) is 6.92 Å². The van der Waals surface area contributed by atoms with E-state index in [9.17, 15) is 4.46 Å². The standard InChI is InChI=1S/C7H17NOSi/c1-4-5-6-7-10(9)8(2)3/h4-7H2,1-3H3. The Hall–Kier alpha value is -0.183. The minimum absolute atomic E-state index is 0.894. The fourth-order valence-corrected chi connectivity index (χ4v) is 1.75. The van der Waals surface area contributed by atoms with Crippen molar-refractivity contribution < 1.29 is 4.46 Å². The van der Waals surface area contributed by atoms with Crippen LogP contribution in [0.25, 0.3) is 0 Å². The van der Waals surface area contributed by atoms with Gasteiger partial charge in [0.15, 0.2) is 0 Å². The molecule has 2 nitrogen and oxygen atoms in total. The first-order valence-corrected chi connectivity index (χ1v) is 5.45. The van der Waals surface area contributed by atoms with Crippen LogP contribution in [0.3, 0.4) is 0 Å².